The quantitative estimate of drug-likeness (QED) is 0.675. The minimum Gasteiger partial charge on any atom is -0.459 e. The van der Waals surface area contributed by atoms with Crippen LogP contribution in [0.15, 0.2) is 0 Å². The zero-order valence-corrected chi connectivity index (χ0v) is 9.48. The average molecular weight is 229 g/mol. The van der Waals surface area contributed by atoms with Crippen LogP contribution in [0.3, 0.4) is 0 Å². The molecule has 0 saturated carbocycles. The largest absolute Gasteiger partial charge is 0.459 e. The standard InChI is InChI=1S/C10H15NO5/c1-5(15-7(3)13)10-8(11-6(2)12)4-9(14)16-10/h5,8,10H,4H2,1-3H3,(H,11,12)/t5-,8-,10+/m0/s1. The molecule has 1 N–H and O–H groups in total. The molecule has 0 aromatic rings. The highest BCUT2D eigenvalue weighted by molar-refractivity contribution is 5.77. The molecule has 0 aromatic carbocycles. The van der Waals surface area contributed by atoms with Gasteiger partial charge in [-0.1, -0.05) is 0 Å². The normalized spacial score (nSPS) is 25.8. The summed E-state index contributed by atoms with van der Waals surface area (Å²) in [5.74, 6) is -1.09. The summed E-state index contributed by atoms with van der Waals surface area (Å²) in [6.45, 7) is 4.26. The Morgan fingerprint density at radius 1 is 1.50 bits per heavy atom. The van der Waals surface area contributed by atoms with Crippen molar-refractivity contribution in [1.29, 1.82) is 0 Å². The van der Waals surface area contributed by atoms with Gasteiger partial charge in [-0.25, -0.2) is 0 Å². The van der Waals surface area contributed by atoms with Gasteiger partial charge in [0.2, 0.25) is 5.91 Å². The van der Waals surface area contributed by atoms with Crippen LogP contribution < -0.4 is 5.32 Å². The van der Waals surface area contributed by atoms with E-state index in [1.165, 1.54) is 13.8 Å². The Labute approximate surface area is 93.3 Å². The van der Waals surface area contributed by atoms with E-state index < -0.39 is 30.2 Å². The Balaban J connectivity index is 2.64. The zero-order valence-electron chi connectivity index (χ0n) is 9.48. The molecule has 1 rings (SSSR count). The number of esters is 2. The Bertz CT molecular complexity index is 314. The lowest BCUT2D eigenvalue weighted by Gasteiger charge is -2.23. The van der Waals surface area contributed by atoms with E-state index in [2.05, 4.69) is 5.32 Å². The van der Waals surface area contributed by atoms with Gasteiger partial charge in [0, 0.05) is 13.8 Å². The summed E-state index contributed by atoms with van der Waals surface area (Å²) < 4.78 is 9.93. The molecule has 0 aromatic heterocycles. The van der Waals surface area contributed by atoms with Crippen molar-refractivity contribution in [3.8, 4) is 0 Å². The van der Waals surface area contributed by atoms with Gasteiger partial charge in [-0.15, -0.1) is 0 Å². The highest BCUT2D eigenvalue weighted by atomic mass is 16.6. The van der Waals surface area contributed by atoms with Crippen molar-refractivity contribution in [2.24, 2.45) is 0 Å². The zero-order chi connectivity index (χ0) is 12.3. The fourth-order valence-corrected chi connectivity index (χ4v) is 1.72. The van der Waals surface area contributed by atoms with Crippen LogP contribution in [0.5, 0.6) is 0 Å². The first-order chi connectivity index (χ1) is 7.40. The first kappa shape index (κ1) is 12.5. The lowest BCUT2D eigenvalue weighted by atomic mass is 10.1. The predicted molar refractivity (Wildman–Crippen MR) is 53.3 cm³/mol. The molecule has 6 heteroatoms. The first-order valence-electron chi connectivity index (χ1n) is 5.04. The summed E-state index contributed by atoms with van der Waals surface area (Å²) in [5, 5.41) is 2.60. The Morgan fingerprint density at radius 3 is 2.62 bits per heavy atom. The molecule has 0 aliphatic carbocycles. The van der Waals surface area contributed by atoms with Gasteiger partial charge in [-0.2, -0.15) is 0 Å². The monoisotopic (exact) mass is 229 g/mol. The molecular formula is C10H15NO5. The number of hydrogen-bond acceptors (Lipinski definition) is 5. The first-order valence-corrected chi connectivity index (χ1v) is 5.04. The number of nitrogens with one attached hydrogen (secondary N) is 1. The van der Waals surface area contributed by atoms with E-state index in [1.807, 2.05) is 0 Å². The molecule has 0 bridgehead atoms. The fourth-order valence-electron chi connectivity index (χ4n) is 1.72. The SMILES string of the molecule is CC(=O)N[C@H]1CC(=O)O[C@@H]1[C@H](C)OC(C)=O. The van der Waals surface area contributed by atoms with E-state index in [0.29, 0.717) is 0 Å². The number of carbonyl (C=O) groups excluding carboxylic acids is 3. The summed E-state index contributed by atoms with van der Waals surface area (Å²) in [5.41, 5.74) is 0. The molecule has 0 radical (unpaired) electrons. The van der Waals surface area contributed by atoms with Crippen molar-refractivity contribution in [3.63, 3.8) is 0 Å². The summed E-state index contributed by atoms with van der Waals surface area (Å²) in [7, 11) is 0. The maximum absolute atomic E-state index is 11.1. The van der Waals surface area contributed by atoms with Gasteiger partial charge in [0.1, 0.15) is 6.10 Å². The van der Waals surface area contributed by atoms with Crippen molar-refractivity contribution in [3.05, 3.63) is 0 Å². The van der Waals surface area contributed by atoms with E-state index in [0.717, 1.165) is 0 Å². The van der Waals surface area contributed by atoms with Gasteiger partial charge in [0.15, 0.2) is 6.10 Å². The van der Waals surface area contributed by atoms with Crippen LogP contribution in [-0.4, -0.2) is 36.1 Å². The van der Waals surface area contributed by atoms with Gasteiger partial charge < -0.3 is 14.8 Å². The van der Waals surface area contributed by atoms with Crippen LogP contribution >= 0.6 is 0 Å². The Hall–Kier alpha value is -1.59. The van der Waals surface area contributed by atoms with Gasteiger partial charge in [0.25, 0.3) is 0 Å². The average Bonchev–Trinajstić information content (AvgIpc) is 2.44. The van der Waals surface area contributed by atoms with Crippen LogP contribution in [0.4, 0.5) is 0 Å². The second-order valence-electron chi connectivity index (χ2n) is 3.78. The lowest BCUT2D eigenvalue weighted by molar-refractivity contribution is -0.159. The van der Waals surface area contributed by atoms with Gasteiger partial charge in [-0.3, -0.25) is 14.4 Å². The number of rotatable bonds is 3. The van der Waals surface area contributed by atoms with Crippen LogP contribution in [0.25, 0.3) is 0 Å². The molecule has 1 amide bonds. The van der Waals surface area contributed by atoms with E-state index in [4.69, 9.17) is 9.47 Å². The van der Waals surface area contributed by atoms with Gasteiger partial charge in [0.05, 0.1) is 12.5 Å². The molecule has 3 atom stereocenters. The third-order valence-electron chi connectivity index (χ3n) is 2.25. The van der Waals surface area contributed by atoms with E-state index in [-0.39, 0.29) is 12.3 Å². The van der Waals surface area contributed by atoms with Crippen molar-refractivity contribution >= 4 is 17.8 Å². The summed E-state index contributed by atoms with van der Waals surface area (Å²) in [6, 6.07) is -0.431. The second-order valence-corrected chi connectivity index (χ2v) is 3.78. The Kier molecular flexibility index (Phi) is 3.87. The second kappa shape index (κ2) is 4.96. The summed E-state index contributed by atoms with van der Waals surface area (Å²) in [6.07, 6.45) is -1.07. The summed E-state index contributed by atoms with van der Waals surface area (Å²) >= 11 is 0. The van der Waals surface area contributed by atoms with Crippen LogP contribution in [0.1, 0.15) is 27.2 Å². The van der Waals surface area contributed by atoms with Crippen LogP contribution in [0, 0.1) is 0 Å². The lowest BCUT2D eigenvalue weighted by Crippen LogP contribution is -2.45. The molecule has 16 heavy (non-hydrogen) atoms. The number of carbonyl (C=O) groups is 3. The third-order valence-corrected chi connectivity index (χ3v) is 2.25. The topological polar surface area (TPSA) is 81.7 Å². The molecule has 1 fully saturated rings. The fraction of sp³-hybridized carbons (Fsp3) is 0.700. The van der Waals surface area contributed by atoms with Crippen molar-refractivity contribution < 1.29 is 23.9 Å². The highest BCUT2D eigenvalue weighted by Gasteiger charge is 2.40. The van der Waals surface area contributed by atoms with Crippen molar-refractivity contribution in [1.82, 2.24) is 5.32 Å². The highest BCUT2D eigenvalue weighted by Crippen LogP contribution is 2.20. The maximum Gasteiger partial charge on any atom is 0.308 e. The third kappa shape index (κ3) is 3.22. The molecule has 1 heterocycles. The van der Waals surface area contributed by atoms with Crippen LogP contribution in [0.2, 0.25) is 0 Å². The predicted octanol–water partition coefficient (Wildman–Crippen LogP) is -0.242. The summed E-state index contributed by atoms with van der Waals surface area (Å²) in [4.78, 5) is 32.8. The van der Waals surface area contributed by atoms with E-state index in [9.17, 15) is 14.4 Å². The molecule has 0 unspecified atom stereocenters. The van der Waals surface area contributed by atoms with Gasteiger partial charge in [-0.05, 0) is 6.92 Å². The maximum atomic E-state index is 11.1. The number of cyclic esters (lactones) is 1. The van der Waals surface area contributed by atoms with E-state index in [1.54, 1.807) is 6.92 Å². The number of ether oxygens (including phenoxy) is 2. The Morgan fingerprint density at radius 2 is 2.12 bits per heavy atom. The minimum absolute atomic E-state index is 0.107. The number of hydrogen-bond donors (Lipinski definition) is 1. The molecule has 1 aliphatic heterocycles. The molecule has 0 spiro atoms. The molecule has 90 valence electrons. The number of amides is 1. The minimum atomic E-state index is -0.611. The van der Waals surface area contributed by atoms with Gasteiger partial charge >= 0.3 is 11.9 Å². The smallest absolute Gasteiger partial charge is 0.308 e. The van der Waals surface area contributed by atoms with Crippen molar-refractivity contribution in [2.75, 3.05) is 0 Å². The van der Waals surface area contributed by atoms with Crippen LogP contribution in [-0.2, 0) is 23.9 Å². The molecule has 1 aliphatic rings. The molecular weight excluding hydrogens is 214 g/mol. The van der Waals surface area contributed by atoms with Crippen molar-refractivity contribution in [2.45, 2.75) is 45.4 Å². The van der Waals surface area contributed by atoms with E-state index >= 15 is 0 Å². The molecule has 6 nitrogen and oxygen atoms in total. The molecule has 1 saturated heterocycles.